The maximum atomic E-state index is 8.83. The Morgan fingerprint density at radius 1 is 1.26 bits per heavy atom. The smallest absolute Gasteiger partial charge is 0.0635 e. The van der Waals surface area contributed by atoms with Gasteiger partial charge in [0, 0.05) is 25.0 Å². The molecule has 2 unspecified atom stereocenters. The maximum absolute atomic E-state index is 8.83. The van der Waals surface area contributed by atoms with E-state index in [1.54, 1.807) is 0 Å². The van der Waals surface area contributed by atoms with Gasteiger partial charge in [0.1, 0.15) is 0 Å². The van der Waals surface area contributed by atoms with Gasteiger partial charge in [-0.3, -0.25) is 4.90 Å². The number of aryl methyl sites for hydroxylation is 1. The minimum Gasteiger partial charge on any atom is -0.326 e. The zero-order chi connectivity index (χ0) is 14.4. The number of nitrogens with two attached hydrogens (primary N) is 1. The lowest BCUT2D eigenvalue weighted by Crippen LogP contribution is -2.44. The normalized spacial score (nSPS) is 14.4. The second-order valence-electron chi connectivity index (χ2n) is 5.40. The molecule has 3 heteroatoms. The number of nitriles is 1. The van der Waals surface area contributed by atoms with E-state index in [9.17, 15) is 0 Å². The van der Waals surface area contributed by atoms with E-state index in [0.29, 0.717) is 12.5 Å². The van der Waals surface area contributed by atoms with Crippen LogP contribution in [0.3, 0.4) is 0 Å². The fraction of sp³-hybridized carbons (Fsp3) is 0.562. The third-order valence-electron chi connectivity index (χ3n) is 3.51. The van der Waals surface area contributed by atoms with Gasteiger partial charge in [-0.05, 0) is 38.8 Å². The summed E-state index contributed by atoms with van der Waals surface area (Å²) < 4.78 is 0. The van der Waals surface area contributed by atoms with Gasteiger partial charge in [0.05, 0.1) is 12.1 Å². The molecule has 0 radical (unpaired) electrons. The molecule has 1 aromatic rings. The van der Waals surface area contributed by atoms with E-state index in [1.165, 1.54) is 11.1 Å². The van der Waals surface area contributed by atoms with Gasteiger partial charge in [-0.15, -0.1) is 0 Å². The van der Waals surface area contributed by atoms with Crippen LogP contribution in [0.2, 0.25) is 0 Å². The predicted octanol–water partition coefficient (Wildman–Crippen LogP) is 3.01. The summed E-state index contributed by atoms with van der Waals surface area (Å²) in [5.41, 5.74) is 8.75. The van der Waals surface area contributed by atoms with Crippen LogP contribution in [0.1, 0.15) is 44.4 Å². The standard InChI is InChI=1S/C16H25N3/c1-12(2)19(11-7-10-17)16(14(4)18)15-9-6-5-8-13(15)3/h5-6,8-9,12,14,16H,7,11,18H2,1-4H3. The molecule has 0 bridgehead atoms. The van der Waals surface area contributed by atoms with Crippen molar-refractivity contribution in [1.29, 1.82) is 5.26 Å². The average Bonchev–Trinajstić information content (AvgIpc) is 2.35. The predicted molar refractivity (Wildman–Crippen MR) is 79.6 cm³/mol. The molecule has 104 valence electrons. The summed E-state index contributed by atoms with van der Waals surface area (Å²) in [6.07, 6.45) is 0.535. The summed E-state index contributed by atoms with van der Waals surface area (Å²) in [5, 5.41) is 8.83. The van der Waals surface area contributed by atoms with Crippen LogP contribution in [0.15, 0.2) is 24.3 Å². The van der Waals surface area contributed by atoms with E-state index in [1.807, 2.05) is 13.0 Å². The summed E-state index contributed by atoms with van der Waals surface area (Å²) in [7, 11) is 0. The second-order valence-corrected chi connectivity index (χ2v) is 5.40. The molecule has 0 aliphatic carbocycles. The molecular formula is C16H25N3. The van der Waals surface area contributed by atoms with Crippen LogP contribution in [0.5, 0.6) is 0 Å². The van der Waals surface area contributed by atoms with Crippen LogP contribution in [0.4, 0.5) is 0 Å². The van der Waals surface area contributed by atoms with Crippen LogP contribution in [-0.2, 0) is 0 Å². The molecule has 2 N–H and O–H groups in total. The Balaban J connectivity index is 3.11. The van der Waals surface area contributed by atoms with Crippen molar-refractivity contribution in [1.82, 2.24) is 4.90 Å². The first-order valence-corrected chi connectivity index (χ1v) is 6.92. The van der Waals surface area contributed by atoms with Gasteiger partial charge in [0.2, 0.25) is 0 Å². The van der Waals surface area contributed by atoms with Gasteiger partial charge in [-0.1, -0.05) is 24.3 Å². The highest BCUT2D eigenvalue weighted by Gasteiger charge is 2.26. The Morgan fingerprint density at radius 3 is 2.37 bits per heavy atom. The summed E-state index contributed by atoms with van der Waals surface area (Å²) >= 11 is 0. The molecule has 1 rings (SSSR count). The van der Waals surface area contributed by atoms with E-state index in [0.717, 1.165) is 6.54 Å². The number of rotatable bonds is 6. The molecule has 3 nitrogen and oxygen atoms in total. The number of hydrogen-bond acceptors (Lipinski definition) is 3. The monoisotopic (exact) mass is 259 g/mol. The average molecular weight is 259 g/mol. The van der Waals surface area contributed by atoms with Gasteiger partial charge in [0.15, 0.2) is 0 Å². The van der Waals surface area contributed by atoms with Crippen LogP contribution in [0, 0.1) is 18.3 Å². The third kappa shape index (κ3) is 4.05. The van der Waals surface area contributed by atoms with Gasteiger partial charge in [-0.25, -0.2) is 0 Å². The van der Waals surface area contributed by atoms with Crippen molar-refractivity contribution < 1.29 is 0 Å². The van der Waals surface area contributed by atoms with Crippen molar-refractivity contribution in [3.05, 3.63) is 35.4 Å². The summed E-state index contributed by atoms with van der Waals surface area (Å²) in [5.74, 6) is 0. The van der Waals surface area contributed by atoms with E-state index in [2.05, 4.69) is 49.9 Å². The lowest BCUT2D eigenvalue weighted by atomic mass is 9.94. The number of benzene rings is 1. The maximum Gasteiger partial charge on any atom is 0.0635 e. The Labute approximate surface area is 117 Å². The van der Waals surface area contributed by atoms with Crippen molar-refractivity contribution in [3.63, 3.8) is 0 Å². The van der Waals surface area contributed by atoms with Crippen molar-refractivity contribution in [2.75, 3.05) is 6.54 Å². The van der Waals surface area contributed by atoms with Crippen molar-refractivity contribution in [3.8, 4) is 6.07 Å². The molecule has 0 amide bonds. The van der Waals surface area contributed by atoms with Crippen LogP contribution in [-0.4, -0.2) is 23.5 Å². The fourth-order valence-corrected chi connectivity index (χ4v) is 2.58. The van der Waals surface area contributed by atoms with Gasteiger partial charge < -0.3 is 5.73 Å². The van der Waals surface area contributed by atoms with Gasteiger partial charge in [-0.2, -0.15) is 5.26 Å². The molecule has 2 atom stereocenters. The Morgan fingerprint density at radius 2 is 1.89 bits per heavy atom. The molecule has 0 fully saturated rings. The quantitative estimate of drug-likeness (QED) is 0.854. The zero-order valence-electron chi connectivity index (χ0n) is 12.4. The van der Waals surface area contributed by atoms with Crippen LogP contribution >= 0.6 is 0 Å². The highest BCUT2D eigenvalue weighted by Crippen LogP contribution is 2.28. The van der Waals surface area contributed by atoms with Crippen LogP contribution in [0.25, 0.3) is 0 Å². The lowest BCUT2D eigenvalue weighted by Gasteiger charge is -2.38. The number of nitrogens with zero attached hydrogens (tertiary/aromatic N) is 2. The number of hydrogen-bond donors (Lipinski definition) is 1. The van der Waals surface area contributed by atoms with E-state index < -0.39 is 0 Å². The highest BCUT2D eigenvalue weighted by molar-refractivity contribution is 5.30. The van der Waals surface area contributed by atoms with Gasteiger partial charge >= 0.3 is 0 Å². The molecule has 0 aliphatic rings. The minimum absolute atomic E-state index is 0.0298. The zero-order valence-corrected chi connectivity index (χ0v) is 12.4. The Hall–Kier alpha value is -1.37. The highest BCUT2D eigenvalue weighted by atomic mass is 15.2. The van der Waals surface area contributed by atoms with Gasteiger partial charge in [0.25, 0.3) is 0 Å². The largest absolute Gasteiger partial charge is 0.326 e. The van der Waals surface area contributed by atoms with Crippen molar-refractivity contribution >= 4 is 0 Å². The van der Waals surface area contributed by atoms with Crippen molar-refractivity contribution in [2.45, 2.75) is 52.2 Å². The lowest BCUT2D eigenvalue weighted by molar-refractivity contribution is 0.139. The molecule has 19 heavy (non-hydrogen) atoms. The molecule has 1 aromatic carbocycles. The van der Waals surface area contributed by atoms with E-state index in [4.69, 9.17) is 11.0 Å². The Bertz CT molecular complexity index is 432. The van der Waals surface area contributed by atoms with Crippen molar-refractivity contribution in [2.24, 2.45) is 5.73 Å². The summed E-state index contributed by atoms with van der Waals surface area (Å²) in [6.45, 7) is 9.23. The molecule has 0 saturated carbocycles. The molecule has 0 saturated heterocycles. The summed E-state index contributed by atoms with van der Waals surface area (Å²) in [4.78, 5) is 2.33. The molecule has 0 spiro atoms. The first kappa shape index (κ1) is 15.7. The van der Waals surface area contributed by atoms with Crippen LogP contribution < -0.4 is 5.73 Å². The third-order valence-corrected chi connectivity index (χ3v) is 3.51. The molecule has 0 aromatic heterocycles. The first-order valence-electron chi connectivity index (χ1n) is 6.92. The summed E-state index contributed by atoms with van der Waals surface area (Å²) in [6, 6.07) is 11.2. The minimum atomic E-state index is 0.0298. The SMILES string of the molecule is Cc1ccccc1C(C(C)N)N(CCC#N)C(C)C. The molecule has 0 heterocycles. The first-order chi connectivity index (χ1) is 8.99. The fourth-order valence-electron chi connectivity index (χ4n) is 2.58. The second kappa shape index (κ2) is 7.28. The molecule has 0 aliphatic heterocycles. The Kier molecular flexibility index (Phi) is 6.01. The van der Waals surface area contributed by atoms with E-state index >= 15 is 0 Å². The topological polar surface area (TPSA) is 53.0 Å². The van der Waals surface area contributed by atoms with E-state index in [-0.39, 0.29) is 12.1 Å². The molecular weight excluding hydrogens is 234 g/mol.